The lowest BCUT2D eigenvalue weighted by Gasteiger charge is -2.07. The highest BCUT2D eigenvalue weighted by Crippen LogP contribution is 2.47. The van der Waals surface area contributed by atoms with Crippen LogP contribution in [0.15, 0.2) is 60.8 Å². The Kier molecular flexibility index (Phi) is 3.65. The number of amides is 1. The van der Waals surface area contributed by atoms with Crippen molar-refractivity contribution in [3.05, 3.63) is 66.4 Å². The van der Waals surface area contributed by atoms with Crippen molar-refractivity contribution in [2.24, 2.45) is 5.92 Å². The Hall–Kier alpha value is -2.88. The van der Waals surface area contributed by atoms with Gasteiger partial charge in [0.05, 0.1) is 24.5 Å². The molecular formula is C20H18N2O2. The second kappa shape index (κ2) is 5.96. The molecule has 4 rings (SSSR count). The van der Waals surface area contributed by atoms with Crippen molar-refractivity contribution in [3.63, 3.8) is 0 Å². The van der Waals surface area contributed by atoms with Gasteiger partial charge in [-0.1, -0.05) is 30.3 Å². The van der Waals surface area contributed by atoms with Gasteiger partial charge in [-0.25, -0.2) is 0 Å². The molecule has 120 valence electrons. The first-order valence-corrected chi connectivity index (χ1v) is 8.04. The lowest BCUT2D eigenvalue weighted by molar-refractivity contribution is -0.117. The van der Waals surface area contributed by atoms with Crippen LogP contribution >= 0.6 is 0 Å². The van der Waals surface area contributed by atoms with Gasteiger partial charge < -0.3 is 10.1 Å². The summed E-state index contributed by atoms with van der Waals surface area (Å²) in [5.41, 5.74) is 2.82. The third kappa shape index (κ3) is 2.83. The molecule has 1 aliphatic rings. The summed E-state index contributed by atoms with van der Waals surface area (Å²) in [7, 11) is 1.63. The lowest BCUT2D eigenvalue weighted by Crippen LogP contribution is -2.14. The number of carbonyl (C=O) groups is 1. The first kappa shape index (κ1) is 14.7. The maximum atomic E-state index is 12.4. The minimum atomic E-state index is 0.0546. The van der Waals surface area contributed by atoms with Gasteiger partial charge >= 0.3 is 0 Å². The van der Waals surface area contributed by atoms with Gasteiger partial charge in [-0.3, -0.25) is 9.78 Å². The van der Waals surface area contributed by atoms with E-state index in [1.807, 2.05) is 42.5 Å². The number of hydrogen-bond donors (Lipinski definition) is 1. The van der Waals surface area contributed by atoms with Gasteiger partial charge in [-0.2, -0.15) is 0 Å². The molecule has 0 radical (unpaired) electrons. The van der Waals surface area contributed by atoms with Crippen molar-refractivity contribution < 1.29 is 9.53 Å². The molecule has 1 N–H and O–H groups in total. The molecule has 4 nitrogen and oxygen atoms in total. The lowest BCUT2D eigenvalue weighted by atomic mass is 10.1. The molecular weight excluding hydrogens is 300 g/mol. The van der Waals surface area contributed by atoms with Crippen LogP contribution in [0.4, 0.5) is 5.69 Å². The molecule has 3 aromatic rings. The van der Waals surface area contributed by atoms with E-state index in [0.29, 0.717) is 5.92 Å². The summed E-state index contributed by atoms with van der Waals surface area (Å²) in [5, 5.41) is 3.97. The Bertz CT molecular complexity index is 893. The Morgan fingerprint density at radius 1 is 1.17 bits per heavy atom. The highest BCUT2D eigenvalue weighted by atomic mass is 16.5. The minimum Gasteiger partial charge on any atom is -0.497 e. The fourth-order valence-corrected chi connectivity index (χ4v) is 3.08. The van der Waals surface area contributed by atoms with E-state index in [4.69, 9.17) is 4.74 Å². The van der Waals surface area contributed by atoms with Gasteiger partial charge in [-0.05, 0) is 36.1 Å². The molecule has 1 amide bonds. The summed E-state index contributed by atoms with van der Waals surface area (Å²) < 4.78 is 5.20. The molecule has 2 aromatic carbocycles. The average molecular weight is 318 g/mol. The number of fused-ring (bicyclic) bond motifs is 1. The number of rotatable bonds is 4. The van der Waals surface area contributed by atoms with E-state index < -0.39 is 0 Å². The van der Waals surface area contributed by atoms with Crippen molar-refractivity contribution in [1.82, 2.24) is 4.98 Å². The number of nitrogens with one attached hydrogen (secondary N) is 1. The van der Waals surface area contributed by atoms with E-state index in [-0.39, 0.29) is 11.8 Å². The summed E-state index contributed by atoms with van der Waals surface area (Å²) >= 11 is 0. The van der Waals surface area contributed by atoms with E-state index in [1.54, 1.807) is 13.3 Å². The first-order chi connectivity index (χ1) is 11.7. The third-order valence-corrected chi connectivity index (χ3v) is 4.51. The van der Waals surface area contributed by atoms with Crippen molar-refractivity contribution in [2.45, 2.75) is 12.3 Å². The van der Waals surface area contributed by atoms with Crippen molar-refractivity contribution in [1.29, 1.82) is 0 Å². The molecule has 0 aliphatic heterocycles. The molecule has 1 fully saturated rings. The Morgan fingerprint density at radius 3 is 2.79 bits per heavy atom. The molecule has 2 atom stereocenters. The van der Waals surface area contributed by atoms with Gasteiger partial charge in [0.2, 0.25) is 5.91 Å². The van der Waals surface area contributed by atoms with Crippen LogP contribution in [0.1, 0.15) is 17.9 Å². The molecule has 0 spiro atoms. The van der Waals surface area contributed by atoms with Crippen LogP contribution in [-0.4, -0.2) is 18.0 Å². The molecule has 4 heteroatoms. The van der Waals surface area contributed by atoms with Gasteiger partial charge in [-0.15, -0.1) is 0 Å². The number of nitrogens with zero attached hydrogens (tertiary/aromatic N) is 1. The van der Waals surface area contributed by atoms with Crippen LogP contribution in [-0.2, 0) is 4.79 Å². The van der Waals surface area contributed by atoms with E-state index in [0.717, 1.165) is 28.8 Å². The molecule has 0 saturated heterocycles. The highest BCUT2D eigenvalue weighted by Gasteiger charge is 2.43. The fraction of sp³-hybridized carbons (Fsp3) is 0.200. The van der Waals surface area contributed by atoms with Crippen molar-refractivity contribution in [2.75, 3.05) is 12.4 Å². The maximum absolute atomic E-state index is 12.4. The number of ether oxygens (including phenoxy) is 1. The van der Waals surface area contributed by atoms with Crippen LogP contribution in [0.25, 0.3) is 10.9 Å². The normalized spacial score (nSPS) is 19.0. The molecule has 2 unspecified atom stereocenters. The standard InChI is InChI=1S/C20H18N2O2/c1-24-16-8-7-14-9-15(12-21-19(14)10-16)22-20(23)18-11-17(18)13-5-3-2-4-6-13/h2-10,12,17-18H,11H2,1H3,(H,22,23). The van der Waals surface area contributed by atoms with Crippen molar-refractivity contribution >= 4 is 22.5 Å². The smallest absolute Gasteiger partial charge is 0.228 e. The first-order valence-electron chi connectivity index (χ1n) is 8.04. The number of benzene rings is 2. The summed E-state index contributed by atoms with van der Waals surface area (Å²) in [4.78, 5) is 16.8. The second-order valence-electron chi connectivity index (χ2n) is 6.13. The van der Waals surface area contributed by atoms with E-state index in [2.05, 4.69) is 22.4 Å². The van der Waals surface area contributed by atoms with E-state index in [1.165, 1.54) is 5.56 Å². The predicted molar refractivity (Wildman–Crippen MR) is 94.2 cm³/mol. The number of hydrogen-bond acceptors (Lipinski definition) is 3. The van der Waals surface area contributed by atoms with Gasteiger partial charge in [0.25, 0.3) is 0 Å². The monoisotopic (exact) mass is 318 g/mol. The van der Waals surface area contributed by atoms with Crippen LogP contribution in [0, 0.1) is 5.92 Å². The molecule has 1 saturated carbocycles. The average Bonchev–Trinajstić information content (AvgIpc) is 3.43. The van der Waals surface area contributed by atoms with Crippen LogP contribution in [0.3, 0.4) is 0 Å². The largest absolute Gasteiger partial charge is 0.497 e. The summed E-state index contributed by atoms with van der Waals surface area (Å²) in [6.45, 7) is 0. The number of aromatic nitrogens is 1. The topological polar surface area (TPSA) is 51.2 Å². The Balaban J connectivity index is 1.47. The quantitative estimate of drug-likeness (QED) is 0.791. The zero-order valence-corrected chi connectivity index (χ0v) is 13.4. The highest BCUT2D eigenvalue weighted by molar-refractivity contribution is 5.96. The number of methoxy groups -OCH3 is 1. The Labute approximate surface area is 140 Å². The number of anilines is 1. The molecule has 1 aliphatic carbocycles. The summed E-state index contributed by atoms with van der Waals surface area (Å²) in [6.07, 6.45) is 2.60. The Morgan fingerprint density at radius 2 is 2.00 bits per heavy atom. The van der Waals surface area contributed by atoms with Crippen molar-refractivity contribution in [3.8, 4) is 5.75 Å². The zero-order valence-electron chi connectivity index (χ0n) is 13.4. The van der Waals surface area contributed by atoms with Gasteiger partial charge in [0.1, 0.15) is 5.75 Å². The number of carbonyl (C=O) groups excluding carboxylic acids is 1. The zero-order chi connectivity index (χ0) is 16.5. The van der Waals surface area contributed by atoms with Crippen LogP contribution in [0.2, 0.25) is 0 Å². The predicted octanol–water partition coefficient (Wildman–Crippen LogP) is 3.99. The van der Waals surface area contributed by atoms with Crippen LogP contribution < -0.4 is 10.1 Å². The van der Waals surface area contributed by atoms with Gasteiger partial charge in [0.15, 0.2) is 0 Å². The molecule has 1 aromatic heterocycles. The molecule has 1 heterocycles. The number of pyridine rings is 1. The molecule has 0 bridgehead atoms. The van der Waals surface area contributed by atoms with Crippen LogP contribution in [0.5, 0.6) is 5.75 Å². The second-order valence-corrected chi connectivity index (χ2v) is 6.13. The fourth-order valence-electron chi connectivity index (χ4n) is 3.08. The summed E-state index contributed by atoms with van der Waals surface area (Å²) in [6, 6.07) is 17.9. The summed E-state index contributed by atoms with van der Waals surface area (Å²) in [5.74, 6) is 1.23. The molecule has 24 heavy (non-hydrogen) atoms. The third-order valence-electron chi connectivity index (χ3n) is 4.51. The minimum absolute atomic E-state index is 0.0546. The van der Waals surface area contributed by atoms with E-state index in [9.17, 15) is 4.79 Å². The maximum Gasteiger partial charge on any atom is 0.228 e. The van der Waals surface area contributed by atoms with Gasteiger partial charge in [0, 0.05) is 17.4 Å². The SMILES string of the molecule is COc1ccc2cc(NC(=O)C3CC3c3ccccc3)cnc2c1. The van der Waals surface area contributed by atoms with E-state index >= 15 is 0 Å².